The molecule has 0 aliphatic heterocycles. The molecular formula is C21H22BrN5O2S. The molecule has 0 bridgehead atoms. The highest BCUT2D eigenvalue weighted by Gasteiger charge is 2.15. The van der Waals surface area contributed by atoms with E-state index in [1.807, 2.05) is 56.3 Å². The van der Waals surface area contributed by atoms with Crippen molar-refractivity contribution < 1.29 is 9.59 Å². The van der Waals surface area contributed by atoms with Crippen LogP contribution in [-0.4, -0.2) is 32.3 Å². The van der Waals surface area contributed by atoms with Crippen molar-refractivity contribution in [2.45, 2.75) is 25.4 Å². The maximum absolute atomic E-state index is 12.4. The number of halogens is 1. The molecule has 9 heteroatoms. The minimum Gasteiger partial charge on any atom is -0.325 e. The Hall–Kier alpha value is -2.65. The quantitative estimate of drug-likeness (QED) is 0.489. The van der Waals surface area contributed by atoms with E-state index in [9.17, 15) is 9.59 Å². The molecule has 0 aliphatic rings. The molecule has 7 nitrogen and oxygen atoms in total. The van der Waals surface area contributed by atoms with Gasteiger partial charge in [-0.05, 0) is 49.2 Å². The van der Waals surface area contributed by atoms with Crippen LogP contribution in [0.2, 0.25) is 0 Å². The zero-order valence-corrected chi connectivity index (χ0v) is 19.3. The topological polar surface area (TPSA) is 88.9 Å². The molecule has 1 heterocycles. The van der Waals surface area contributed by atoms with Gasteiger partial charge in [0.1, 0.15) is 5.82 Å². The highest BCUT2D eigenvalue weighted by Crippen LogP contribution is 2.21. The van der Waals surface area contributed by atoms with Crippen LogP contribution >= 0.6 is 27.7 Å². The van der Waals surface area contributed by atoms with Gasteiger partial charge in [-0.3, -0.25) is 9.59 Å². The fourth-order valence-electron chi connectivity index (χ4n) is 2.76. The van der Waals surface area contributed by atoms with Crippen LogP contribution in [0.3, 0.4) is 0 Å². The van der Waals surface area contributed by atoms with Gasteiger partial charge in [-0.1, -0.05) is 45.9 Å². The predicted octanol–water partition coefficient (Wildman–Crippen LogP) is 4.11. The van der Waals surface area contributed by atoms with E-state index in [1.54, 1.807) is 11.6 Å². The Morgan fingerprint density at radius 3 is 2.43 bits per heavy atom. The van der Waals surface area contributed by atoms with Gasteiger partial charge >= 0.3 is 0 Å². The number of benzene rings is 2. The van der Waals surface area contributed by atoms with Gasteiger partial charge in [0.05, 0.1) is 12.2 Å². The van der Waals surface area contributed by atoms with Gasteiger partial charge < -0.3 is 15.2 Å². The average molecular weight is 488 g/mol. The lowest BCUT2D eigenvalue weighted by molar-refractivity contribution is -0.116. The number of carbonyl (C=O) groups excluding carboxylic acids is 2. The van der Waals surface area contributed by atoms with Gasteiger partial charge in [-0.25, -0.2) is 0 Å². The fraction of sp³-hybridized carbons (Fsp3) is 0.238. The third-order valence-corrected chi connectivity index (χ3v) is 5.97. The second-order valence-corrected chi connectivity index (χ2v) is 8.65. The number of anilines is 2. The zero-order chi connectivity index (χ0) is 21.7. The summed E-state index contributed by atoms with van der Waals surface area (Å²) in [6.45, 7) is 3.87. The molecule has 3 aromatic rings. The van der Waals surface area contributed by atoms with Crippen LogP contribution in [0, 0.1) is 13.8 Å². The van der Waals surface area contributed by atoms with E-state index in [2.05, 4.69) is 36.8 Å². The van der Waals surface area contributed by atoms with Crippen LogP contribution in [0.25, 0.3) is 0 Å². The number of para-hydroxylation sites is 1. The van der Waals surface area contributed by atoms with Crippen molar-refractivity contribution in [2.75, 3.05) is 16.4 Å². The van der Waals surface area contributed by atoms with Crippen molar-refractivity contribution in [2.24, 2.45) is 7.05 Å². The first-order valence-electron chi connectivity index (χ1n) is 9.26. The van der Waals surface area contributed by atoms with Crippen molar-refractivity contribution in [3.05, 3.63) is 63.9 Å². The molecule has 156 valence electrons. The lowest BCUT2D eigenvalue weighted by Crippen LogP contribution is -2.18. The monoisotopic (exact) mass is 487 g/mol. The van der Waals surface area contributed by atoms with E-state index in [1.165, 1.54) is 11.8 Å². The Morgan fingerprint density at radius 2 is 1.70 bits per heavy atom. The Kier molecular flexibility index (Phi) is 7.28. The average Bonchev–Trinajstić information content (AvgIpc) is 3.04. The van der Waals surface area contributed by atoms with Crippen LogP contribution in [0.1, 0.15) is 17.0 Å². The van der Waals surface area contributed by atoms with Gasteiger partial charge in [0.2, 0.25) is 11.8 Å². The number of nitrogens with one attached hydrogen (secondary N) is 2. The van der Waals surface area contributed by atoms with Crippen LogP contribution in [0.5, 0.6) is 0 Å². The van der Waals surface area contributed by atoms with Gasteiger partial charge in [-0.15, -0.1) is 10.2 Å². The summed E-state index contributed by atoms with van der Waals surface area (Å²) in [5.74, 6) is 0.427. The number of aryl methyl sites for hydroxylation is 2. The summed E-state index contributed by atoms with van der Waals surface area (Å²) >= 11 is 4.68. The van der Waals surface area contributed by atoms with E-state index >= 15 is 0 Å². The highest BCUT2D eigenvalue weighted by atomic mass is 79.9. The smallest absolute Gasteiger partial charge is 0.234 e. The predicted molar refractivity (Wildman–Crippen MR) is 123 cm³/mol. The molecule has 30 heavy (non-hydrogen) atoms. The molecule has 3 rings (SSSR count). The van der Waals surface area contributed by atoms with Crippen molar-refractivity contribution in [1.82, 2.24) is 14.8 Å². The zero-order valence-electron chi connectivity index (χ0n) is 16.9. The third kappa shape index (κ3) is 5.70. The molecule has 2 aromatic carbocycles. The summed E-state index contributed by atoms with van der Waals surface area (Å²) in [6, 6.07) is 13.3. The van der Waals surface area contributed by atoms with Crippen LogP contribution in [0.4, 0.5) is 11.4 Å². The minimum absolute atomic E-state index is 0.0999. The summed E-state index contributed by atoms with van der Waals surface area (Å²) in [6.07, 6.45) is 0.0999. The largest absolute Gasteiger partial charge is 0.325 e. The minimum atomic E-state index is -0.167. The second kappa shape index (κ2) is 9.90. The first-order valence-corrected chi connectivity index (χ1v) is 11.0. The van der Waals surface area contributed by atoms with E-state index < -0.39 is 0 Å². The summed E-state index contributed by atoms with van der Waals surface area (Å²) in [7, 11) is 1.79. The second-order valence-electron chi connectivity index (χ2n) is 6.79. The van der Waals surface area contributed by atoms with E-state index in [-0.39, 0.29) is 24.0 Å². The SMILES string of the molecule is Cc1cc(Br)ccc1NC(=O)CSc1nnc(CC(=O)Nc2ccccc2C)n1C. The first kappa shape index (κ1) is 22.0. The maximum Gasteiger partial charge on any atom is 0.234 e. The number of aromatic nitrogens is 3. The number of thioether (sulfide) groups is 1. The van der Waals surface area contributed by atoms with Crippen molar-refractivity contribution in [3.63, 3.8) is 0 Å². The lowest BCUT2D eigenvalue weighted by Gasteiger charge is -2.09. The third-order valence-electron chi connectivity index (χ3n) is 4.46. The number of rotatable bonds is 7. The van der Waals surface area contributed by atoms with Gasteiger partial charge in [0.15, 0.2) is 5.16 Å². The normalized spacial score (nSPS) is 10.7. The van der Waals surface area contributed by atoms with Crippen LogP contribution < -0.4 is 10.6 Å². The summed E-state index contributed by atoms with van der Waals surface area (Å²) in [4.78, 5) is 24.6. The molecule has 2 amide bonds. The summed E-state index contributed by atoms with van der Waals surface area (Å²) < 4.78 is 2.70. The van der Waals surface area contributed by atoms with Crippen molar-refractivity contribution in [1.29, 1.82) is 0 Å². The standard InChI is InChI=1S/C21H22BrN5O2S/c1-13-6-4-5-7-16(13)23-19(28)11-18-25-26-21(27(18)3)30-12-20(29)24-17-9-8-15(22)10-14(17)2/h4-10H,11-12H2,1-3H3,(H,23,28)(H,24,29). The Labute approximate surface area is 187 Å². The molecule has 0 fully saturated rings. The first-order chi connectivity index (χ1) is 14.3. The van der Waals surface area contributed by atoms with E-state index in [0.717, 1.165) is 27.0 Å². The van der Waals surface area contributed by atoms with Crippen LogP contribution in [0.15, 0.2) is 52.1 Å². The van der Waals surface area contributed by atoms with Gasteiger partial charge in [0.25, 0.3) is 0 Å². The fourth-order valence-corrected chi connectivity index (χ4v) is 3.97. The summed E-state index contributed by atoms with van der Waals surface area (Å²) in [5, 5.41) is 14.6. The molecule has 0 aliphatic carbocycles. The van der Waals surface area contributed by atoms with Gasteiger partial charge in [-0.2, -0.15) is 0 Å². The van der Waals surface area contributed by atoms with Crippen LogP contribution in [-0.2, 0) is 23.1 Å². The molecule has 1 aromatic heterocycles. The Balaban J connectivity index is 1.55. The number of amides is 2. The number of hydrogen-bond acceptors (Lipinski definition) is 5. The molecule has 0 spiro atoms. The van der Waals surface area contributed by atoms with Crippen molar-refractivity contribution in [3.8, 4) is 0 Å². The number of hydrogen-bond donors (Lipinski definition) is 2. The molecule has 0 saturated carbocycles. The molecule has 0 atom stereocenters. The molecule has 0 radical (unpaired) electrons. The van der Waals surface area contributed by atoms with Crippen molar-refractivity contribution >= 4 is 50.9 Å². The maximum atomic E-state index is 12.4. The van der Waals surface area contributed by atoms with Gasteiger partial charge in [0, 0.05) is 22.9 Å². The summed E-state index contributed by atoms with van der Waals surface area (Å²) in [5.41, 5.74) is 3.52. The lowest BCUT2D eigenvalue weighted by atomic mass is 10.2. The van der Waals surface area contributed by atoms with E-state index in [4.69, 9.17) is 0 Å². The molecule has 0 saturated heterocycles. The Morgan fingerprint density at radius 1 is 1.00 bits per heavy atom. The number of nitrogens with zero attached hydrogens (tertiary/aromatic N) is 3. The molecule has 2 N–H and O–H groups in total. The van der Waals surface area contributed by atoms with E-state index in [0.29, 0.717) is 11.0 Å². The molecular weight excluding hydrogens is 466 g/mol. The molecule has 0 unspecified atom stereocenters. The number of carbonyl (C=O) groups is 2. The highest BCUT2D eigenvalue weighted by molar-refractivity contribution is 9.10. The Bertz CT molecular complexity index is 1080.